The van der Waals surface area contributed by atoms with E-state index < -0.39 is 11.9 Å². The Labute approximate surface area is 681 Å². The first-order valence-electron chi connectivity index (χ1n) is 40.5. The van der Waals surface area contributed by atoms with Crippen LogP contribution in [0.5, 0.6) is 0 Å². The zero-order valence-electron chi connectivity index (χ0n) is 68.8. The number of H-pyrrole nitrogens is 5. The molecule has 27 nitrogen and oxygen atoms in total. The minimum Gasteiger partial charge on any atom is -0.449 e. The van der Waals surface area contributed by atoms with Crippen molar-refractivity contribution in [1.82, 2.24) is 118 Å². The minimum atomic E-state index is -4.32. The molecule has 8 fully saturated rings. The Kier molecular flexibility index (Phi) is 35.7. The molecule has 8 aliphatic heterocycles. The van der Waals surface area contributed by atoms with Crippen molar-refractivity contribution in [2.45, 2.75) is 170 Å². The highest BCUT2D eigenvalue weighted by Crippen LogP contribution is 2.35. The van der Waals surface area contributed by atoms with Gasteiger partial charge in [-0.3, -0.25) is 0 Å². The zero-order chi connectivity index (χ0) is 81.1. The summed E-state index contributed by atoms with van der Waals surface area (Å²) in [7, 11) is 21.3. The lowest BCUT2D eigenvalue weighted by atomic mass is 9.96. The highest BCUT2D eigenvalue weighted by Gasteiger charge is 2.35. The number of carbonyl (C=O) groups is 1. The Hall–Kier alpha value is -7.02. The van der Waals surface area contributed by atoms with E-state index in [2.05, 4.69) is 190 Å². The van der Waals surface area contributed by atoms with Crippen molar-refractivity contribution in [3.63, 3.8) is 0 Å². The highest BCUT2D eigenvalue weighted by atomic mass is 35.5. The fourth-order valence-corrected chi connectivity index (χ4v) is 16.1. The summed E-state index contributed by atoms with van der Waals surface area (Å²) in [6, 6.07) is 2.07. The third kappa shape index (κ3) is 28.1. The Bertz CT molecular complexity index is 4000. The number of rotatable bonds is 9. The van der Waals surface area contributed by atoms with E-state index in [1.54, 1.807) is 29.4 Å². The van der Waals surface area contributed by atoms with E-state index in [1.807, 2.05) is 45.0 Å². The standard InChI is InChI=1S/C12H19N3O2.C11H19N3.C10H14F3N3.C10H14N4.C10H17N3.C9H13Cl2N3.C9H14ClN3.C9H15N3/c1-3-17-12(16)15-9-6-13-11(15)10-4-7-14(2)8-5-10;1-9-8-12-11(14(9)3)10-4-6-13(2)7-5-10;1-16-4-2-7(3-5-16)9-14-6-8(15-9)10(11,12)13;1-14-4-2-8(3-5-14)10-12-7-9(6-11)13-10;1-12-6-3-9(4-7-12)10-11-5-8-13(10)2;1-14-4-2-6(3-5-14)9-12-7(10)8(11)13-9;1-13-4-2-7(3-5-13)9-11-6-8(10)12-9;1-12-6-2-8(3-7-12)9-10-4-5-11-9/h6,9-10H,3-5,7-8H2,1-2H3;8,10H,4-7H2,1-3H3;6-7H,2-5H2,1H3,(H,14,15);7-8H,2-5H2,1H3,(H,12,13);5,8-9H,3-4,6-7H2,1-2H3;6H,2-5H2,1H3,(H,12,13);6-7H,2-5H2,1H3,(H,11,12);4-5,8H,2-3,6-7H2,1H3,(H,10,11). The molecule has 113 heavy (non-hydrogen) atoms. The fourth-order valence-electron chi connectivity index (χ4n) is 15.7. The number of hydrogen-bond acceptors (Lipinski definition) is 19. The molecule has 5 N–H and O–H groups in total. The molecule has 8 saturated heterocycles. The number of imidazole rings is 8. The third-order valence-corrected chi connectivity index (χ3v) is 24.2. The number of halogens is 6. The SMILES string of the molecule is CCOC(=O)n1ccnc1C1CCN(C)CC1.CN1CCC(c2nc(Cl)c(Cl)[nH]2)CC1.CN1CCC(c2ncc(C#N)[nH]2)CC1.CN1CCC(c2ncc(C(F)(F)F)[nH]2)CC1.CN1CCC(c2ncc(Cl)[nH]2)CC1.CN1CCC(c2ncc[nH]2)CC1.CN1CCC(c2nccn2C)CC1.Cc1cnc(C2CCN(C)CC2)n1C. The lowest BCUT2D eigenvalue weighted by Crippen LogP contribution is -2.31. The number of piperidine rings is 8. The number of nitrogens with zero attached hydrogens (tertiary/aromatic N) is 20. The normalized spacial score (nSPS) is 20.1. The summed E-state index contributed by atoms with van der Waals surface area (Å²) in [5, 5.41) is 10.2. The van der Waals surface area contributed by atoms with Crippen LogP contribution in [-0.4, -0.2) is 291 Å². The van der Waals surface area contributed by atoms with Gasteiger partial charge in [0.1, 0.15) is 74.4 Å². The minimum absolute atomic E-state index is 0.132. The second kappa shape index (κ2) is 44.9. The molecule has 0 unspecified atom stereocenters. The third-order valence-electron chi connectivity index (χ3n) is 23.4. The van der Waals surface area contributed by atoms with Gasteiger partial charge in [0.15, 0.2) is 5.15 Å². The molecule has 624 valence electrons. The van der Waals surface area contributed by atoms with Crippen molar-refractivity contribution in [3.05, 3.63) is 141 Å². The summed E-state index contributed by atoms with van der Waals surface area (Å²) in [4.78, 5) is 79.2. The molecule has 0 radical (unpaired) electrons. The predicted molar refractivity (Wildman–Crippen MR) is 439 cm³/mol. The van der Waals surface area contributed by atoms with Crippen molar-refractivity contribution in [2.75, 3.05) is 168 Å². The van der Waals surface area contributed by atoms with Crippen LogP contribution in [0.4, 0.5) is 18.0 Å². The summed E-state index contributed by atoms with van der Waals surface area (Å²) in [5.41, 5.74) is 1.08. The molecule has 16 heterocycles. The van der Waals surface area contributed by atoms with Crippen molar-refractivity contribution in [2.24, 2.45) is 14.1 Å². The number of aromatic nitrogens is 16. The number of likely N-dealkylation sites (tertiary alicyclic amines) is 8. The number of alkyl halides is 3. The van der Waals surface area contributed by atoms with E-state index in [0.29, 0.717) is 75.0 Å². The molecule has 16 rings (SSSR count). The van der Waals surface area contributed by atoms with Gasteiger partial charge in [-0.15, -0.1) is 0 Å². The van der Waals surface area contributed by atoms with Gasteiger partial charge in [-0.05, 0) is 278 Å². The second-order valence-electron chi connectivity index (χ2n) is 32.0. The summed E-state index contributed by atoms with van der Waals surface area (Å²) in [6.07, 6.45) is 30.7. The molecular formula is C80H125Cl3F3N25O2. The van der Waals surface area contributed by atoms with Crippen LogP contribution in [0.3, 0.4) is 0 Å². The van der Waals surface area contributed by atoms with Gasteiger partial charge >= 0.3 is 12.3 Å². The summed E-state index contributed by atoms with van der Waals surface area (Å²) in [6.45, 7) is 22.2. The average molecular weight is 1630 g/mol. The van der Waals surface area contributed by atoms with E-state index in [9.17, 15) is 18.0 Å². The monoisotopic (exact) mass is 1630 g/mol. The summed E-state index contributed by atoms with van der Waals surface area (Å²) >= 11 is 17.4. The van der Waals surface area contributed by atoms with Crippen molar-refractivity contribution in [3.8, 4) is 6.07 Å². The van der Waals surface area contributed by atoms with Crippen LogP contribution in [0.15, 0.2) is 62.0 Å². The number of carbonyl (C=O) groups excluding carboxylic acids is 1. The number of ether oxygens (including phenoxy) is 1. The molecule has 0 atom stereocenters. The second-order valence-corrected chi connectivity index (χ2v) is 33.1. The molecule has 0 aliphatic carbocycles. The molecular weight excluding hydrogens is 1510 g/mol. The van der Waals surface area contributed by atoms with Gasteiger partial charge in [0.25, 0.3) is 0 Å². The van der Waals surface area contributed by atoms with Gasteiger partial charge in [0.2, 0.25) is 0 Å². The molecule has 0 bridgehead atoms. The van der Waals surface area contributed by atoms with Gasteiger partial charge in [0, 0.05) is 111 Å². The van der Waals surface area contributed by atoms with E-state index in [4.69, 9.17) is 44.8 Å². The summed E-state index contributed by atoms with van der Waals surface area (Å²) < 4.78 is 48.0. The molecule has 0 amide bonds. The number of aromatic amines is 5. The number of nitrogens with one attached hydrogen (secondary N) is 5. The Morgan fingerprint density at radius 1 is 0.460 bits per heavy atom. The predicted octanol–water partition coefficient (Wildman–Crippen LogP) is 13.4. The van der Waals surface area contributed by atoms with E-state index in [0.717, 1.165) is 146 Å². The molecule has 8 aromatic heterocycles. The fraction of sp³-hybridized carbons (Fsp3) is 0.675. The smallest absolute Gasteiger partial charge is 0.432 e. The van der Waals surface area contributed by atoms with Crippen LogP contribution in [0.25, 0.3) is 0 Å². The maximum atomic E-state index is 12.4. The number of aryl methyl sites for hydroxylation is 2. The molecule has 0 aromatic carbocycles. The molecule has 8 aromatic rings. The average Bonchev–Trinajstić information content (AvgIpc) is 1.71. The largest absolute Gasteiger partial charge is 0.449 e. The zero-order valence-corrected chi connectivity index (χ0v) is 71.0. The Balaban J connectivity index is 0.000000148. The van der Waals surface area contributed by atoms with Gasteiger partial charge < -0.3 is 78.0 Å². The van der Waals surface area contributed by atoms with Crippen molar-refractivity contribution >= 4 is 40.9 Å². The quantitative estimate of drug-likeness (QED) is 0.0898. The Morgan fingerprint density at radius 3 is 1.20 bits per heavy atom. The van der Waals surface area contributed by atoms with Crippen LogP contribution in [0.2, 0.25) is 15.5 Å². The van der Waals surface area contributed by atoms with Crippen LogP contribution in [0.1, 0.15) is 221 Å². The number of nitriles is 1. The Morgan fingerprint density at radius 2 is 0.850 bits per heavy atom. The topological polar surface area (TPSA) is 273 Å². The first-order valence-corrected chi connectivity index (χ1v) is 41.7. The molecule has 33 heteroatoms. The van der Waals surface area contributed by atoms with E-state index >= 15 is 0 Å². The van der Waals surface area contributed by atoms with Crippen molar-refractivity contribution in [1.29, 1.82) is 5.26 Å². The van der Waals surface area contributed by atoms with Gasteiger partial charge in [0.05, 0.1) is 25.2 Å². The van der Waals surface area contributed by atoms with Crippen molar-refractivity contribution < 1.29 is 22.7 Å². The summed E-state index contributed by atoms with van der Waals surface area (Å²) in [5.74, 6) is 12.1. The molecule has 0 spiro atoms. The first-order chi connectivity index (χ1) is 54.2. The highest BCUT2D eigenvalue weighted by molar-refractivity contribution is 6.40. The van der Waals surface area contributed by atoms with Gasteiger partial charge in [-0.2, -0.15) is 18.4 Å². The van der Waals surface area contributed by atoms with E-state index in [-0.39, 0.29) is 12.0 Å². The van der Waals surface area contributed by atoms with E-state index in [1.165, 1.54) is 114 Å². The number of hydrogen-bond donors (Lipinski definition) is 5. The lowest BCUT2D eigenvalue weighted by Gasteiger charge is -2.28. The molecule has 0 saturated carbocycles. The van der Waals surface area contributed by atoms with Crippen LogP contribution in [-0.2, 0) is 25.0 Å². The maximum Gasteiger partial charge on any atom is 0.432 e. The first kappa shape index (κ1) is 89.9. The van der Waals surface area contributed by atoms with Crippen LogP contribution < -0.4 is 0 Å². The van der Waals surface area contributed by atoms with Crippen LogP contribution in [0, 0.1) is 18.3 Å². The maximum absolute atomic E-state index is 12.4. The van der Waals surface area contributed by atoms with Crippen LogP contribution >= 0.6 is 34.8 Å². The van der Waals surface area contributed by atoms with Gasteiger partial charge in [-0.25, -0.2) is 49.2 Å². The molecule has 8 aliphatic rings. The lowest BCUT2D eigenvalue weighted by molar-refractivity contribution is -0.141. The van der Waals surface area contributed by atoms with Gasteiger partial charge in [-0.1, -0.05) is 34.8 Å².